The number of hydrogen-bond acceptors (Lipinski definition) is 3. The number of aromatic nitrogens is 1. The first-order valence-electron chi connectivity index (χ1n) is 7.63. The zero-order valence-corrected chi connectivity index (χ0v) is 12.4. The molecule has 0 bridgehead atoms. The molecule has 3 nitrogen and oxygen atoms in total. The Labute approximate surface area is 122 Å². The van der Waals surface area contributed by atoms with Crippen molar-refractivity contribution in [2.45, 2.75) is 39.3 Å². The van der Waals surface area contributed by atoms with Gasteiger partial charge in [0.15, 0.2) is 0 Å². The van der Waals surface area contributed by atoms with Crippen LogP contribution in [0, 0.1) is 18.3 Å². The quantitative estimate of drug-likeness (QED) is 0.552. The van der Waals surface area contributed by atoms with Crippen LogP contribution >= 0.6 is 0 Å². The molecule has 0 aliphatic heterocycles. The van der Waals surface area contributed by atoms with E-state index in [1.807, 2.05) is 0 Å². The molecule has 0 saturated heterocycles. The highest BCUT2D eigenvalue weighted by atomic mass is 15.1. The van der Waals surface area contributed by atoms with Gasteiger partial charge in [0.1, 0.15) is 0 Å². The third kappa shape index (κ3) is 5.32. The molecule has 1 heterocycles. The second-order valence-electron chi connectivity index (χ2n) is 5.61. The first-order valence-corrected chi connectivity index (χ1v) is 7.63. The van der Waals surface area contributed by atoms with Crippen LogP contribution in [0.2, 0.25) is 0 Å². The molecule has 20 heavy (non-hydrogen) atoms. The summed E-state index contributed by atoms with van der Waals surface area (Å²) in [6, 6.07) is 6.27. The molecule has 1 aliphatic rings. The lowest BCUT2D eigenvalue weighted by molar-refractivity contribution is 0.283. The molecule has 0 amide bonds. The van der Waals surface area contributed by atoms with Crippen LogP contribution < -0.4 is 5.32 Å². The number of rotatable bonds is 9. The lowest BCUT2D eigenvalue weighted by atomic mass is 10.2. The lowest BCUT2D eigenvalue weighted by Gasteiger charge is -2.19. The van der Waals surface area contributed by atoms with Gasteiger partial charge in [0.2, 0.25) is 0 Å². The average molecular weight is 271 g/mol. The molecule has 1 fully saturated rings. The molecule has 2 rings (SSSR count). The minimum Gasteiger partial charge on any atom is -0.311 e. The van der Waals surface area contributed by atoms with Crippen molar-refractivity contribution in [2.75, 3.05) is 19.6 Å². The van der Waals surface area contributed by atoms with E-state index >= 15 is 0 Å². The van der Waals surface area contributed by atoms with Gasteiger partial charge in [-0.2, -0.15) is 0 Å². The smallest absolute Gasteiger partial charge is 0.0602 e. The van der Waals surface area contributed by atoms with E-state index in [1.54, 1.807) is 0 Å². The Hall–Kier alpha value is -1.37. The third-order valence-electron chi connectivity index (χ3n) is 3.51. The Kier molecular flexibility index (Phi) is 6.04. The molecule has 1 saturated carbocycles. The van der Waals surface area contributed by atoms with Gasteiger partial charge in [0.25, 0.3) is 0 Å². The molecule has 108 valence electrons. The summed E-state index contributed by atoms with van der Waals surface area (Å²) in [7, 11) is 0. The Balaban J connectivity index is 1.89. The molecule has 1 N–H and O–H groups in total. The SMILES string of the molecule is C#CCN(Cc1cccc(CNCCC)n1)CC1CC1. The number of hydrogen-bond donors (Lipinski definition) is 1. The molecule has 0 unspecified atom stereocenters. The molecule has 3 heteroatoms. The van der Waals surface area contributed by atoms with Gasteiger partial charge in [-0.15, -0.1) is 6.42 Å². The highest BCUT2D eigenvalue weighted by molar-refractivity contribution is 5.11. The Morgan fingerprint density at radius 2 is 2.20 bits per heavy atom. The fourth-order valence-electron chi connectivity index (χ4n) is 2.32. The van der Waals surface area contributed by atoms with Crippen LogP contribution in [0.4, 0.5) is 0 Å². The summed E-state index contributed by atoms with van der Waals surface area (Å²) < 4.78 is 0. The zero-order valence-electron chi connectivity index (χ0n) is 12.4. The largest absolute Gasteiger partial charge is 0.311 e. The lowest BCUT2D eigenvalue weighted by Crippen LogP contribution is -2.26. The highest BCUT2D eigenvalue weighted by Gasteiger charge is 2.24. The molecule has 0 radical (unpaired) electrons. The molecule has 1 aromatic rings. The maximum atomic E-state index is 5.47. The predicted molar refractivity (Wildman–Crippen MR) is 83.1 cm³/mol. The summed E-state index contributed by atoms with van der Waals surface area (Å²) in [4.78, 5) is 7.06. The van der Waals surface area contributed by atoms with E-state index in [0.29, 0.717) is 0 Å². The van der Waals surface area contributed by atoms with Crippen molar-refractivity contribution in [3.05, 3.63) is 29.6 Å². The van der Waals surface area contributed by atoms with Crippen LogP contribution in [0.5, 0.6) is 0 Å². The van der Waals surface area contributed by atoms with Crippen molar-refractivity contribution in [2.24, 2.45) is 5.92 Å². The van der Waals surface area contributed by atoms with Crippen LogP contribution in [0.25, 0.3) is 0 Å². The monoisotopic (exact) mass is 271 g/mol. The standard InChI is InChI=1S/C17H25N3/c1-3-10-18-12-16-6-5-7-17(19-16)14-20(11-4-2)13-15-8-9-15/h2,5-7,15,18H,3,8-14H2,1H3. The number of nitrogens with one attached hydrogen (secondary N) is 1. The van der Waals surface area contributed by atoms with Gasteiger partial charge in [-0.3, -0.25) is 9.88 Å². The van der Waals surface area contributed by atoms with Crippen LogP contribution in [-0.2, 0) is 13.1 Å². The number of pyridine rings is 1. The topological polar surface area (TPSA) is 28.2 Å². The maximum Gasteiger partial charge on any atom is 0.0602 e. The van der Waals surface area contributed by atoms with E-state index in [1.165, 1.54) is 12.8 Å². The number of terminal acetylenes is 1. The van der Waals surface area contributed by atoms with Gasteiger partial charge < -0.3 is 5.32 Å². The number of nitrogens with zero attached hydrogens (tertiary/aromatic N) is 2. The second-order valence-corrected chi connectivity index (χ2v) is 5.61. The van der Waals surface area contributed by atoms with Gasteiger partial charge in [-0.05, 0) is 43.9 Å². The van der Waals surface area contributed by atoms with Crippen molar-refractivity contribution in [1.29, 1.82) is 0 Å². The molecule has 1 aromatic heterocycles. The van der Waals surface area contributed by atoms with Gasteiger partial charge in [-0.1, -0.05) is 18.9 Å². The van der Waals surface area contributed by atoms with Crippen LogP contribution in [0.1, 0.15) is 37.6 Å². The van der Waals surface area contributed by atoms with Crippen molar-refractivity contribution >= 4 is 0 Å². The molecular formula is C17H25N3. The summed E-state index contributed by atoms with van der Waals surface area (Å²) in [6.07, 6.45) is 9.33. The van der Waals surface area contributed by atoms with E-state index in [4.69, 9.17) is 11.4 Å². The van der Waals surface area contributed by atoms with Gasteiger partial charge in [0, 0.05) is 19.6 Å². The van der Waals surface area contributed by atoms with Gasteiger partial charge in [0.05, 0.1) is 17.9 Å². The average Bonchev–Trinajstić information content (AvgIpc) is 3.24. The molecule has 1 aliphatic carbocycles. The normalized spacial score (nSPS) is 14.4. The van der Waals surface area contributed by atoms with Crippen molar-refractivity contribution in [1.82, 2.24) is 15.2 Å². The first kappa shape index (κ1) is 15.0. The fraction of sp³-hybridized carbons (Fsp3) is 0.588. The molecule has 0 aromatic carbocycles. The maximum absolute atomic E-state index is 5.47. The second kappa shape index (κ2) is 8.04. The van der Waals surface area contributed by atoms with E-state index < -0.39 is 0 Å². The third-order valence-corrected chi connectivity index (χ3v) is 3.51. The summed E-state index contributed by atoms with van der Waals surface area (Å²) in [5, 5.41) is 3.39. The minimum absolute atomic E-state index is 0.719. The van der Waals surface area contributed by atoms with Crippen molar-refractivity contribution < 1.29 is 0 Å². The predicted octanol–water partition coefficient (Wildman–Crippen LogP) is 2.43. The van der Waals surface area contributed by atoms with Gasteiger partial charge in [-0.25, -0.2) is 0 Å². The van der Waals surface area contributed by atoms with Crippen LogP contribution in [-0.4, -0.2) is 29.5 Å². The molecule has 0 atom stereocenters. The van der Waals surface area contributed by atoms with E-state index in [2.05, 4.69) is 41.3 Å². The summed E-state index contributed by atoms with van der Waals surface area (Å²) in [6.45, 7) is 6.76. The van der Waals surface area contributed by atoms with Crippen molar-refractivity contribution in [3.63, 3.8) is 0 Å². The molecule has 0 spiro atoms. The van der Waals surface area contributed by atoms with Crippen molar-refractivity contribution in [3.8, 4) is 12.3 Å². The highest BCUT2D eigenvalue weighted by Crippen LogP contribution is 2.29. The van der Waals surface area contributed by atoms with Gasteiger partial charge >= 0.3 is 0 Å². The zero-order chi connectivity index (χ0) is 14.2. The summed E-state index contributed by atoms with van der Waals surface area (Å²) in [5.74, 6) is 3.62. The van der Waals surface area contributed by atoms with E-state index in [9.17, 15) is 0 Å². The molecular weight excluding hydrogens is 246 g/mol. The Morgan fingerprint density at radius 3 is 2.90 bits per heavy atom. The minimum atomic E-state index is 0.719. The van der Waals surface area contributed by atoms with E-state index in [0.717, 1.165) is 56.5 Å². The van der Waals surface area contributed by atoms with Crippen LogP contribution in [0.15, 0.2) is 18.2 Å². The Bertz CT molecular complexity index is 446. The summed E-state index contributed by atoms with van der Waals surface area (Å²) in [5.41, 5.74) is 2.24. The fourth-order valence-corrected chi connectivity index (χ4v) is 2.32. The summed E-state index contributed by atoms with van der Waals surface area (Å²) >= 11 is 0. The van der Waals surface area contributed by atoms with Crippen LogP contribution in [0.3, 0.4) is 0 Å². The van der Waals surface area contributed by atoms with E-state index in [-0.39, 0.29) is 0 Å². The Morgan fingerprint density at radius 1 is 1.40 bits per heavy atom. The first-order chi connectivity index (χ1) is 9.81.